The van der Waals surface area contributed by atoms with Crippen LogP contribution in [0.5, 0.6) is 17.2 Å². The molecule has 0 amide bonds. The van der Waals surface area contributed by atoms with Gasteiger partial charge in [-0.25, -0.2) is 13.1 Å². The van der Waals surface area contributed by atoms with E-state index in [-0.39, 0.29) is 16.4 Å². The number of sulfonamides is 1. The average molecular weight is 387 g/mol. The third-order valence-electron chi connectivity index (χ3n) is 4.64. The average Bonchev–Trinajstić information content (AvgIpc) is 2.92. The molecule has 0 radical (unpaired) electrons. The SMILES string of the molecule is COc1cc(OC)c(S(=O)(=O)NCCNC2CCCCCC2)c(OC)c1. The number of hydrogen-bond acceptors (Lipinski definition) is 6. The lowest BCUT2D eigenvalue weighted by Gasteiger charge is -2.18. The van der Waals surface area contributed by atoms with Crippen molar-refractivity contribution in [2.75, 3.05) is 34.4 Å². The molecule has 2 N–H and O–H groups in total. The standard InChI is InChI=1S/C18H30N2O5S/c1-23-15-12-16(24-2)18(17(13-15)25-3)26(21,22)20-11-10-19-14-8-6-4-5-7-9-14/h12-14,19-20H,4-11H2,1-3H3. The molecule has 1 aliphatic rings. The van der Waals surface area contributed by atoms with Gasteiger partial charge in [-0.15, -0.1) is 0 Å². The van der Waals surface area contributed by atoms with Crippen LogP contribution in [0.3, 0.4) is 0 Å². The van der Waals surface area contributed by atoms with Gasteiger partial charge in [0.05, 0.1) is 21.3 Å². The van der Waals surface area contributed by atoms with E-state index in [2.05, 4.69) is 10.0 Å². The third-order valence-corrected chi connectivity index (χ3v) is 6.17. The Hall–Kier alpha value is -1.51. The first-order chi connectivity index (χ1) is 12.5. The highest BCUT2D eigenvalue weighted by Crippen LogP contribution is 2.37. The molecule has 1 aliphatic carbocycles. The Balaban J connectivity index is 2.02. The predicted octanol–water partition coefficient (Wildman–Crippen LogP) is 2.30. The molecular formula is C18H30N2O5S. The van der Waals surface area contributed by atoms with Crippen molar-refractivity contribution in [1.29, 1.82) is 0 Å². The zero-order valence-electron chi connectivity index (χ0n) is 15.8. The van der Waals surface area contributed by atoms with E-state index in [1.165, 1.54) is 59.1 Å². The number of nitrogens with one attached hydrogen (secondary N) is 2. The fourth-order valence-corrected chi connectivity index (χ4v) is 4.59. The van der Waals surface area contributed by atoms with Crippen molar-refractivity contribution in [2.45, 2.75) is 49.5 Å². The van der Waals surface area contributed by atoms with Crippen molar-refractivity contribution in [2.24, 2.45) is 0 Å². The number of hydrogen-bond donors (Lipinski definition) is 2. The first-order valence-corrected chi connectivity index (χ1v) is 10.5. The minimum Gasteiger partial charge on any atom is -0.496 e. The van der Waals surface area contributed by atoms with E-state index < -0.39 is 10.0 Å². The smallest absolute Gasteiger partial charge is 0.248 e. The van der Waals surface area contributed by atoms with Crippen LogP contribution in [0.15, 0.2) is 17.0 Å². The Kier molecular flexibility index (Phi) is 7.99. The van der Waals surface area contributed by atoms with Crippen molar-refractivity contribution in [1.82, 2.24) is 10.0 Å². The van der Waals surface area contributed by atoms with Gasteiger partial charge in [0.15, 0.2) is 4.90 Å². The van der Waals surface area contributed by atoms with Crippen molar-refractivity contribution in [3.8, 4) is 17.2 Å². The molecule has 148 valence electrons. The zero-order chi connectivity index (χ0) is 19.0. The van der Waals surface area contributed by atoms with E-state index >= 15 is 0 Å². The monoisotopic (exact) mass is 386 g/mol. The van der Waals surface area contributed by atoms with E-state index in [0.29, 0.717) is 24.9 Å². The van der Waals surface area contributed by atoms with E-state index in [1.54, 1.807) is 0 Å². The lowest BCUT2D eigenvalue weighted by atomic mass is 10.1. The molecule has 1 fully saturated rings. The first kappa shape index (κ1) is 20.8. The zero-order valence-corrected chi connectivity index (χ0v) is 16.7. The number of methoxy groups -OCH3 is 3. The quantitative estimate of drug-likeness (QED) is 0.500. The Bertz CT molecular complexity index is 645. The van der Waals surface area contributed by atoms with Crippen LogP contribution >= 0.6 is 0 Å². The van der Waals surface area contributed by atoms with Gasteiger partial charge in [0, 0.05) is 31.3 Å². The minimum atomic E-state index is -3.78. The van der Waals surface area contributed by atoms with E-state index in [9.17, 15) is 8.42 Å². The second-order valence-electron chi connectivity index (χ2n) is 6.40. The summed E-state index contributed by atoms with van der Waals surface area (Å²) in [6.07, 6.45) is 7.39. The molecule has 0 aromatic heterocycles. The first-order valence-electron chi connectivity index (χ1n) is 9.05. The lowest BCUT2D eigenvalue weighted by molar-refractivity contribution is 0.358. The van der Waals surface area contributed by atoms with Crippen molar-refractivity contribution in [3.63, 3.8) is 0 Å². The third kappa shape index (κ3) is 5.49. The summed E-state index contributed by atoms with van der Waals surface area (Å²) >= 11 is 0. The lowest BCUT2D eigenvalue weighted by Crippen LogP contribution is -2.37. The van der Waals surface area contributed by atoms with Crippen molar-refractivity contribution >= 4 is 10.0 Å². The highest BCUT2D eigenvalue weighted by Gasteiger charge is 2.26. The van der Waals surface area contributed by atoms with Crippen molar-refractivity contribution < 1.29 is 22.6 Å². The van der Waals surface area contributed by atoms with Crippen molar-refractivity contribution in [3.05, 3.63) is 12.1 Å². The summed E-state index contributed by atoms with van der Waals surface area (Å²) < 4.78 is 43.8. The maximum Gasteiger partial charge on any atom is 0.248 e. The van der Waals surface area contributed by atoms with Gasteiger partial charge in [-0.3, -0.25) is 0 Å². The van der Waals surface area contributed by atoms with Gasteiger partial charge in [-0.05, 0) is 12.8 Å². The molecular weight excluding hydrogens is 356 g/mol. The predicted molar refractivity (Wildman–Crippen MR) is 101 cm³/mol. The summed E-state index contributed by atoms with van der Waals surface area (Å²) in [4.78, 5) is -0.0160. The largest absolute Gasteiger partial charge is 0.496 e. The summed E-state index contributed by atoms with van der Waals surface area (Å²) in [7, 11) is 0.558. The Morgan fingerprint density at radius 1 is 0.923 bits per heavy atom. The molecule has 26 heavy (non-hydrogen) atoms. The molecule has 0 bridgehead atoms. The molecule has 1 aromatic carbocycles. The number of rotatable bonds is 9. The van der Waals surface area contributed by atoms with Gasteiger partial charge >= 0.3 is 0 Å². The molecule has 0 aliphatic heterocycles. The summed E-state index contributed by atoms with van der Waals surface area (Å²) in [5.41, 5.74) is 0. The molecule has 2 rings (SSSR count). The topological polar surface area (TPSA) is 85.9 Å². The maximum absolute atomic E-state index is 12.8. The fraction of sp³-hybridized carbons (Fsp3) is 0.667. The normalized spacial score (nSPS) is 16.1. The fourth-order valence-electron chi connectivity index (χ4n) is 3.26. The molecule has 0 heterocycles. The number of ether oxygens (including phenoxy) is 3. The van der Waals surface area contributed by atoms with Crippen LogP contribution in [0.4, 0.5) is 0 Å². The van der Waals surface area contributed by atoms with Gasteiger partial charge in [0.1, 0.15) is 17.2 Å². The van der Waals surface area contributed by atoms with Crippen LogP contribution in [0, 0.1) is 0 Å². The molecule has 8 heteroatoms. The molecule has 0 saturated heterocycles. The number of benzene rings is 1. The molecule has 0 atom stereocenters. The van der Waals surface area contributed by atoms with Crippen LogP contribution < -0.4 is 24.2 Å². The highest BCUT2D eigenvalue weighted by atomic mass is 32.2. The summed E-state index contributed by atoms with van der Waals surface area (Å²) in [5, 5.41) is 3.45. The molecule has 1 aromatic rings. The van der Waals surface area contributed by atoms with Crippen LogP contribution in [0.1, 0.15) is 38.5 Å². The Labute approximate surface area is 156 Å². The molecule has 7 nitrogen and oxygen atoms in total. The highest BCUT2D eigenvalue weighted by molar-refractivity contribution is 7.89. The van der Waals surface area contributed by atoms with E-state index in [1.807, 2.05) is 0 Å². The Morgan fingerprint density at radius 3 is 2.00 bits per heavy atom. The van der Waals surface area contributed by atoms with Crippen LogP contribution in [0.2, 0.25) is 0 Å². The maximum atomic E-state index is 12.8. The second kappa shape index (κ2) is 9.99. The molecule has 0 spiro atoms. The van der Waals surface area contributed by atoms with Gasteiger partial charge in [-0.2, -0.15) is 0 Å². The van der Waals surface area contributed by atoms with Gasteiger partial charge in [0.2, 0.25) is 10.0 Å². The Morgan fingerprint density at radius 2 is 1.50 bits per heavy atom. The van der Waals surface area contributed by atoms with E-state index in [4.69, 9.17) is 14.2 Å². The molecule has 1 saturated carbocycles. The van der Waals surface area contributed by atoms with Gasteiger partial charge < -0.3 is 19.5 Å². The molecule has 0 unspecified atom stereocenters. The van der Waals surface area contributed by atoms with Gasteiger partial charge in [0.25, 0.3) is 0 Å². The van der Waals surface area contributed by atoms with Crippen LogP contribution in [0.25, 0.3) is 0 Å². The minimum absolute atomic E-state index is 0.0160. The van der Waals surface area contributed by atoms with Crippen LogP contribution in [-0.2, 0) is 10.0 Å². The summed E-state index contributed by atoms with van der Waals surface area (Å²) in [5.74, 6) is 0.837. The van der Waals surface area contributed by atoms with Gasteiger partial charge in [-0.1, -0.05) is 25.7 Å². The second-order valence-corrected chi connectivity index (χ2v) is 8.11. The summed E-state index contributed by atoms with van der Waals surface area (Å²) in [6.45, 7) is 0.891. The van der Waals surface area contributed by atoms with Crippen LogP contribution in [-0.4, -0.2) is 48.9 Å². The summed E-state index contributed by atoms with van der Waals surface area (Å²) in [6, 6.07) is 3.54. The van der Waals surface area contributed by atoms with E-state index in [0.717, 1.165) is 12.8 Å².